The van der Waals surface area contributed by atoms with Crippen LogP contribution in [0.3, 0.4) is 0 Å². The zero-order valence-corrected chi connectivity index (χ0v) is 14.5. The Morgan fingerprint density at radius 3 is 2.52 bits per heavy atom. The molecule has 2 heterocycles. The average Bonchev–Trinajstić information content (AvgIpc) is 2.50. The van der Waals surface area contributed by atoms with Crippen LogP contribution in [0.25, 0.3) is 0 Å². The quantitative estimate of drug-likeness (QED) is 0.842. The van der Waals surface area contributed by atoms with E-state index in [-0.39, 0.29) is 0 Å². The number of hydrogen-bond acceptors (Lipinski definition) is 4. The van der Waals surface area contributed by atoms with Gasteiger partial charge < -0.3 is 9.47 Å². The molecule has 0 aliphatic carbocycles. The molecule has 120 valence electrons. The summed E-state index contributed by atoms with van der Waals surface area (Å²) in [6.07, 6.45) is 1.88. The number of aromatic nitrogens is 1. The van der Waals surface area contributed by atoms with Crippen LogP contribution in [0, 0.1) is 20.8 Å². The number of methoxy groups -OCH3 is 1. The molecule has 0 fully saturated rings. The van der Waals surface area contributed by atoms with Crippen LogP contribution in [0.4, 0.5) is 0 Å². The first-order valence-electron chi connectivity index (χ1n) is 7.73. The Hall–Kier alpha value is -2.36. The lowest BCUT2D eigenvalue weighted by molar-refractivity contribution is 0.114. The highest BCUT2D eigenvalue weighted by Gasteiger charge is 2.31. The van der Waals surface area contributed by atoms with Gasteiger partial charge in [0.1, 0.15) is 11.5 Å². The second kappa shape index (κ2) is 5.37. The first-order chi connectivity index (χ1) is 10.8. The van der Waals surface area contributed by atoms with Gasteiger partial charge in [-0.3, -0.25) is 4.98 Å². The largest absolute Gasteiger partial charge is 0.496 e. The molecule has 23 heavy (non-hydrogen) atoms. The summed E-state index contributed by atoms with van der Waals surface area (Å²) in [7, 11) is 1.67. The van der Waals surface area contributed by atoms with E-state index in [1.807, 2.05) is 46.0 Å². The topological polar surface area (TPSA) is 43.7 Å². The van der Waals surface area contributed by atoms with Gasteiger partial charge in [0.2, 0.25) is 0 Å². The summed E-state index contributed by atoms with van der Waals surface area (Å²) in [4.78, 5) is 9.29. The van der Waals surface area contributed by atoms with Crippen LogP contribution < -0.4 is 9.47 Å². The molecule has 0 spiro atoms. The van der Waals surface area contributed by atoms with Gasteiger partial charge in [0.25, 0.3) is 0 Å². The first kappa shape index (κ1) is 15.5. The molecule has 0 saturated heterocycles. The third-order valence-corrected chi connectivity index (χ3v) is 4.18. The number of pyridine rings is 1. The maximum absolute atomic E-state index is 6.11. The maximum Gasteiger partial charge on any atom is 0.195 e. The Bertz CT molecular complexity index is 807. The van der Waals surface area contributed by atoms with Gasteiger partial charge in [0.15, 0.2) is 5.72 Å². The standard InChI is InChI=1S/C19H22N2O2/c1-11-9-14(10-20-13(11)3)17-15-7-8-16(22-6)12(2)18(15)23-19(4,5)21-17/h7-10H,1-6H3. The predicted molar refractivity (Wildman–Crippen MR) is 91.8 cm³/mol. The van der Waals surface area contributed by atoms with E-state index in [4.69, 9.17) is 14.5 Å². The molecular weight excluding hydrogens is 288 g/mol. The van der Waals surface area contributed by atoms with Crippen molar-refractivity contribution in [2.45, 2.75) is 40.3 Å². The van der Waals surface area contributed by atoms with Crippen molar-refractivity contribution in [1.29, 1.82) is 0 Å². The second-order valence-electron chi connectivity index (χ2n) is 6.41. The molecule has 0 bridgehead atoms. The van der Waals surface area contributed by atoms with E-state index >= 15 is 0 Å². The molecule has 0 unspecified atom stereocenters. The minimum atomic E-state index is -0.627. The summed E-state index contributed by atoms with van der Waals surface area (Å²) in [6.45, 7) is 10.0. The molecule has 1 aromatic carbocycles. The highest BCUT2D eigenvalue weighted by molar-refractivity contribution is 6.15. The predicted octanol–water partition coefficient (Wildman–Crippen LogP) is 3.98. The van der Waals surface area contributed by atoms with Crippen molar-refractivity contribution in [3.05, 3.63) is 52.3 Å². The van der Waals surface area contributed by atoms with E-state index in [1.54, 1.807) is 7.11 Å². The summed E-state index contributed by atoms with van der Waals surface area (Å²) in [6, 6.07) is 6.09. The van der Waals surface area contributed by atoms with Gasteiger partial charge in [-0.05, 0) is 58.4 Å². The van der Waals surface area contributed by atoms with E-state index in [2.05, 4.69) is 18.0 Å². The lowest BCUT2D eigenvalue weighted by Crippen LogP contribution is -2.33. The number of aryl methyl sites for hydroxylation is 2. The number of fused-ring (bicyclic) bond motifs is 1. The van der Waals surface area contributed by atoms with Crippen molar-refractivity contribution in [1.82, 2.24) is 4.98 Å². The number of aliphatic imine (C=N–C) groups is 1. The molecule has 0 N–H and O–H groups in total. The molecule has 0 saturated carbocycles. The minimum absolute atomic E-state index is 0.627. The molecule has 1 aliphatic heterocycles. The minimum Gasteiger partial charge on any atom is -0.496 e. The molecule has 0 radical (unpaired) electrons. The Morgan fingerprint density at radius 1 is 1.13 bits per heavy atom. The van der Waals surface area contributed by atoms with Gasteiger partial charge in [-0.25, -0.2) is 4.99 Å². The van der Waals surface area contributed by atoms with E-state index < -0.39 is 5.72 Å². The summed E-state index contributed by atoms with van der Waals surface area (Å²) < 4.78 is 11.5. The molecule has 0 amide bonds. The van der Waals surface area contributed by atoms with Crippen molar-refractivity contribution >= 4 is 5.71 Å². The van der Waals surface area contributed by atoms with Gasteiger partial charge in [-0.2, -0.15) is 0 Å². The van der Waals surface area contributed by atoms with Crippen molar-refractivity contribution < 1.29 is 9.47 Å². The SMILES string of the molecule is COc1ccc2c(c1C)OC(C)(C)N=C2c1cnc(C)c(C)c1. The lowest BCUT2D eigenvalue weighted by atomic mass is 9.96. The molecule has 2 aromatic rings. The van der Waals surface area contributed by atoms with Gasteiger partial charge in [-0.1, -0.05) is 0 Å². The molecular formula is C19H22N2O2. The molecule has 1 aliphatic rings. The Kier molecular flexibility index (Phi) is 3.63. The van der Waals surface area contributed by atoms with E-state index in [0.29, 0.717) is 0 Å². The highest BCUT2D eigenvalue weighted by atomic mass is 16.5. The molecule has 4 heteroatoms. The monoisotopic (exact) mass is 310 g/mol. The molecule has 1 aromatic heterocycles. The first-order valence-corrected chi connectivity index (χ1v) is 7.73. The normalized spacial score (nSPS) is 15.5. The fourth-order valence-electron chi connectivity index (χ4n) is 2.81. The zero-order valence-electron chi connectivity index (χ0n) is 14.5. The third kappa shape index (κ3) is 2.69. The summed E-state index contributed by atoms with van der Waals surface area (Å²) >= 11 is 0. The fourth-order valence-corrected chi connectivity index (χ4v) is 2.81. The van der Waals surface area contributed by atoms with Crippen LogP contribution in [0.1, 0.15) is 41.8 Å². The Balaban J connectivity index is 2.23. The lowest BCUT2D eigenvalue weighted by Gasteiger charge is -2.31. The van der Waals surface area contributed by atoms with Crippen molar-refractivity contribution in [3.63, 3.8) is 0 Å². The zero-order chi connectivity index (χ0) is 16.8. The maximum atomic E-state index is 6.11. The summed E-state index contributed by atoms with van der Waals surface area (Å²) in [5.74, 6) is 1.65. The van der Waals surface area contributed by atoms with Gasteiger partial charge in [0.05, 0.1) is 12.8 Å². The number of benzene rings is 1. The van der Waals surface area contributed by atoms with Crippen LogP contribution in [0.5, 0.6) is 11.5 Å². The number of nitrogens with zero attached hydrogens (tertiary/aromatic N) is 2. The smallest absolute Gasteiger partial charge is 0.195 e. The van der Waals surface area contributed by atoms with Crippen LogP contribution >= 0.6 is 0 Å². The van der Waals surface area contributed by atoms with E-state index in [9.17, 15) is 0 Å². The highest BCUT2D eigenvalue weighted by Crippen LogP contribution is 2.39. The van der Waals surface area contributed by atoms with Crippen molar-refractivity contribution in [2.75, 3.05) is 7.11 Å². The van der Waals surface area contributed by atoms with E-state index in [1.165, 1.54) is 0 Å². The van der Waals surface area contributed by atoms with E-state index in [0.717, 1.165) is 45.2 Å². The van der Waals surface area contributed by atoms with Crippen LogP contribution in [0.2, 0.25) is 0 Å². The van der Waals surface area contributed by atoms with Gasteiger partial charge in [-0.15, -0.1) is 0 Å². The fraction of sp³-hybridized carbons (Fsp3) is 0.368. The number of ether oxygens (including phenoxy) is 2. The van der Waals surface area contributed by atoms with Crippen LogP contribution in [-0.2, 0) is 0 Å². The third-order valence-electron chi connectivity index (χ3n) is 4.18. The molecule has 3 rings (SSSR count). The van der Waals surface area contributed by atoms with Gasteiger partial charge in [0, 0.05) is 28.6 Å². The molecule has 0 atom stereocenters. The van der Waals surface area contributed by atoms with Crippen LogP contribution in [0.15, 0.2) is 29.4 Å². The van der Waals surface area contributed by atoms with Crippen molar-refractivity contribution in [3.8, 4) is 11.5 Å². The van der Waals surface area contributed by atoms with Gasteiger partial charge >= 0.3 is 0 Å². The van der Waals surface area contributed by atoms with Crippen molar-refractivity contribution in [2.24, 2.45) is 4.99 Å². The molecule has 4 nitrogen and oxygen atoms in total. The Labute approximate surface area is 137 Å². The average molecular weight is 310 g/mol. The summed E-state index contributed by atoms with van der Waals surface area (Å²) in [5, 5.41) is 0. The second-order valence-corrected chi connectivity index (χ2v) is 6.41. The number of hydrogen-bond donors (Lipinski definition) is 0. The number of rotatable bonds is 2. The Morgan fingerprint density at radius 2 is 1.87 bits per heavy atom. The van der Waals surface area contributed by atoms with Crippen LogP contribution in [-0.4, -0.2) is 23.5 Å². The summed E-state index contributed by atoms with van der Waals surface area (Å²) in [5.41, 5.74) is 5.45.